The standard InChI is InChI=1S/C19H14FN7/c20-13-3-1-12(2-4-13)18-19(26(11-24-18)15-8-22-9-15)16-5-6-17-23-10-14(7-21)27(17)25-16/h1-6,10-11,15,22H,8-9H2. The monoisotopic (exact) mass is 359 g/mol. The normalized spacial score (nSPS) is 14.2. The highest BCUT2D eigenvalue weighted by molar-refractivity contribution is 5.77. The van der Waals surface area contributed by atoms with Gasteiger partial charge >= 0.3 is 0 Å². The molecule has 1 fully saturated rings. The Morgan fingerprint density at radius 3 is 2.63 bits per heavy atom. The van der Waals surface area contributed by atoms with Crippen molar-refractivity contribution in [3.05, 3.63) is 60.4 Å². The first-order valence-electron chi connectivity index (χ1n) is 8.53. The molecule has 7 nitrogen and oxygen atoms in total. The molecule has 1 aliphatic rings. The van der Waals surface area contributed by atoms with Crippen LogP contribution in [0, 0.1) is 17.1 Å². The molecular formula is C19H14FN7. The Bertz CT molecular complexity index is 1180. The van der Waals surface area contributed by atoms with E-state index in [1.165, 1.54) is 22.8 Å². The van der Waals surface area contributed by atoms with Crippen molar-refractivity contribution in [2.45, 2.75) is 6.04 Å². The van der Waals surface area contributed by atoms with Crippen LogP contribution in [0.1, 0.15) is 11.7 Å². The molecule has 0 radical (unpaired) electrons. The summed E-state index contributed by atoms with van der Waals surface area (Å²) < 4.78 is 17.0. The molecule has 0 bridgehead atoms. The number of hydrogen-bond acceptors (Lipinski definition) is 5. The third kappa shape index (κ3) is 2.48. The average Bonchev–Trinajstić information content (AvgIpc) is 3.24. The number of nitriles is 1. The number of nitrogens with zero attached hydrogens (tertiary/aromatic N) is 6. The fourth-order valence-corrected chi connectivity index (χ4v) is 3.26. The summed E-state index contributed by atoms with van der Waals surface area (Å²) in [5, 5.41) is 17.2. The van der Waals surface area contributed by atoms with Gasteiger partial charge in [-0.3, -0.25) is 0 Å². The van der Waals surface area contributed by atoms with Crippen LogP contribution < -0.4 is 5.32 Å². The van der Waals surface area contributed by atoms with Crippen molar-refractivity contribution in [2.24, 2.45) is 0 Å². The Kier molecular flexibility index (Phi) is 3.48. The van der Waals surface area contributed by atoms with Gasteiger partial charge in [0, 0.05) is 18.7 Å². The largest absolute Gasteiger partial charge is 0.323 e. The predicted octanol–water partition coefficient (Wildman–Crippen LogP) is 2.41. The van der Waals surface area contributed by atoms with Gasteiger partial charge in [-0.15, -0.1) is 0 Å². The number of aromatic nitrogens is 5. The minimum Gasteiger partial charge on any atom is -0.323 e. The molecule has 4 aromatic rings. The van der Waals surface area contributed by atoms with E-state index in [-0.39, 0.29) is 11.9 Å². The van der Waals surface area contributed by atoms with Crippen LogP contribution in [-0.2, 0) is 0 Å². The van der Waals surface area contributed by atoms with Crippen LogP contribution in [0.4, 0.5) is 4.39 Å². The number of hydrogen-bond donors (Lipinski definition) is 1. The number of halogens is 1. The summed E-state index contributed by atoms with van der Waals surface area (Å²) in [4.78, 5) is 8.78. The van der Waals surface area contributed by atoms with E-state index in [1.54, 1.807) is 18.5 Å². The molecule has 1 aliphatic heterocycles. The van der Waals surface area contributed by atoms with Crippen molar-refractivity contribution in [1.82, 2.24) is 29.5 Å². The van der Waals surface area contributed by atoms with Crippen molar-refractivity contribution < 1.29 is 4.39 Å². The van der Waals surface area contributed by atoms with Gasteiger partial charge in [0.15, 0.2) is 11.3 Å². The molecule has 0 aliphatic carbocycles. The maximum Gasteiger partial charge on any atom is 0.162 e. The van der Waals surface area contributed by atoms with Crippen molar-refractivity contribution in [1.29, 1.82) is 5.26 Å². The molecule has 0 saturated carbocycles. The summed E-state index contributed by atoms with van der Waals surface area (Å²) in [6.45, 7) is 1.70. The predicted molar refractivity (Wildman–Crippen MR) is 96.2 cm³/mol. The van der Waals surface area contributed by atoms with Gasteiger partial charge < -0.3 is 9.88 Å². The topological polar surface area (TPSA) is 83.8 Å². The third-order valence-corrected chi connectivity index (χ3v) is 4.78. The molecule has 3 aromatic heterocycles. The van der Waals surface area contributed by atoms with E-state index in [1.807, 2.05) is 12.1 Å². The molecule has 1 saturated heterocycles. The summed E-state index contributed by atoms with van der Waals surface area (Å²) in [6.07, 6.45) is 3.30. The average molecular weight is 359 g/mol. The van der Waals surface area contributed by atoms with E-state index >= 15 is 0 Å². The number of benzene rings is 1. The quantitative estimate of drug-likeness (QED) is 0.607. The zero-order chi connectivity index (χ0) is 18.4. The lowest BCUT2D eigenvalue weighted by molar-refractivity contribution is 0.345. The van der Waals surface area contributed by atoms with E-state index in [0.29, 0.717) is 17.0 Å². The van der Waals surface area contributed by atoms with Crippen molar-refractivity contribution in [3.63, 3.8) is 0 Å². The number of rotatable bonds is 3. The van der Waals surface area contributed by atoms with Gasteiger partial charge in [0.2, 0.25) is 0 Å². The van der Waals surface area contributed by atoms with E-state index in [9.17, 15) is 9.65 Å². The molecule has 5 rings (SSSR count). The van der Waals surface area contributed by atoms with Gasteiger partial charge in [-0.2, -0.15) is 10.4 Å². The van der Waals surface area contributed by atoms with Gasteiger partial charge in [0.1, 0.15) is 17.6 Å². The summed E-state index contributed by atoms with van der Waals surface area (Å²) in [5.74, 6) is -0.292. The third-order valence-electron chi connectivity index (χ3n) is 4.78. The number of imidazole rings is 2. The number of nitrogens with one attached hydrogen (secondary N) is 1. The maximum absolute atomic E-state index is 13.4. The first-order valence-corrected chi connectivity index (χ1v) is 8.53. The minimum atomic E-state index is -0.292. The van der Waals surface area contributed by atoms with Crippen LogP contribution in [-0.4, -0.2) is 37.2 Å². The molecule has 0 amide bonds. The van der Waals surface area contributed by atoms with Gasteiger partial charge in [-0.05, 0) is 36.4 Å². The summed E-state index contributed by atoms with van der Waals surface area (Å²) in [5.41, 5.74) is 4.03. The highest BCUT2D eigenvalue weighted by Crippen LogP contribution is 2.33. The molecule has 1 aromatic carbocycles. The zero-order valence-electron chi connectivity index (χ0n) is 14.2. The van der Waals surface area contributed by atoms with Crippen LogP contribution in [0.3, 0.4) is 0 Å². The molecular weight excluding hydrogens is 345 g/mol. The summed E-state index contributed by atoms with van der Waals surface area (Å²) in [6, 6.07) is 12.3. The van der Waals surface area contributed by atoms with Crippen LogP contribution in [0.25, 0.3) is 28.3 Å². The fraction of sp³-hybridized carbons (Fsp3) is 0.158. The molecule has 0 spiro atoms. The van der Waals surface area contributed by atoms with Gasteiger partial charge in [-0.1, -0.05) is 0 Å². The molecule has 8 heteroatoms. The Balaban J connectivity index is 1.73. The molecule has 27 heavy (non-hydrogen) atoms. The Morgan fingerprint density at radius 2 is 1.93 bits per heavy atom. The van der Waals surface area contributed by atoms with Crippen molar-refractivity contribution >= 4 is 5.65 Å². The fourth-order valence-electron chi connectivity index (χ4n) is 3.26. The highest BCUT2D eigenvalue weighted by Gasteiger charge is 2.26. The summed E-state index contributed by atoms with van der Waals surface area (Å²) >= 11 is 0. The molecule has 4 heterocycles. The van der Waals surface area contributed by atoms with Crippen LogP contribution in [0.2, 0.25) is 0 Å². The van der Waals surface area contributed by atoms with Crippen LogP contribution in [0.5, 0.6) is 0 Å². The second-order valence-corrected chi connectivity index (χ2v) is 6.41. The van der Waals surface area contributed by atoms with Crippen molar-refractivity contribution in [2.75, 3.05) is 13.1 Å². The van der Waals surface area contributed by atoms with E-state index in [4.69, 9.17) is 0 Å². The van der Waals surface area contributed by atoms with Gasteiger partial charge in [-0.25, -0.2) is 18.9 Å². The highest BCUT2D eigenvalue weighted by atomic mass is 19.1. The summed E-state index contributed by atoms with van der Waals surface area (Å²) in [7, 11) is 0. The molecule has 1 N–H and O–H groups in total. The molecule has 132 valence electrons. The zero-order valence-corrected chi connectivity index (χ0v) is 14.2. The molecule has 0 unspecified atom stereocenters. The smallest absolute Gasteiger partial charge is 0.162 e. The van der Waals surface area contributed by atoms with E-state index in [2.05, 4.69) is 31.0 Å². The van der Waals surface area contributed by atoms with E-state index < -0.39 is 0 Å². The van der Waals surface area contributed by atoms with Crippen molar-refractivity contribution in [3.8, 4) is 28.7 Å². The first-order chi connectivity index (χ1) is 13.2. The Labute approximate surface area is 153 Å². The lowest BCUT2D eigenvalue weighted by atomic mass is 10.1. The Morgan fingerprint density at radius 1 is 1.11 bits per heavy atom. The maximum atomic E-state index is 13.4. The second kappa shape index (κ2) is 6.00. The minimum absolute atomic E-state index is 0.275. The molecule has 0 atom stereocenters. The Hall–Kier alpha value is -3.57. The van der Waals surface area contributed by atoms with Crippen LogP contribution >= 0.6 is 0 Å². The SMILES string of the molecule is N#Cc1cnc2ccc(-c3c(-c4ccc(F)cc4)ncn3C3CNC3)nn12. The lowest BCUT2D eigenvalue weighted by Crippen LogP contribution is -2.43. The van der Waals surface area contributed by atoms with Gasteiger partial charge in [0.25, 0.3) is 0 Å². The second-order valence-electron chi connectivity index (χ2n) is 6.41. The van der Waals surface area contributed by atoms with Crippen LogP contribution in [0.15, 0.2) is 48.9 Å². The lowest BCUT2D eigenvalue weighted by Gasteiger charge is -2.29. The first kappa shape index (κ1) is 15.7. The van der Waals surface area contributed by atoms with Gasteiger partial charge in [0.05, 0.1) is 30.0 Å². The number of fused-ring (bicyclic) bond motifs is 1. The van der Waals surface area contributed by atoms with E-state index in [0.717, 1.165) is 30.0 Å².